The third-order valence-electron chi connectivity index (χ3n) is 12.7. The molecule has 0 atom stereocenters. The van der Waals surface area contributed by atoms with Gasteiger partial charge in [-0.05, 0) is 87.3 Å². The molecule has 0 bridgehead atoms. The second-order valence-electron chi connectivity index (χ2n) is 16.4. The average Bonchev–Trinajstić information content (AvgIpc) is 3.88. The summed E-state index contributed by atoms with van der Waals surface area (Å²) in [5.74, 6) is 1.80. The molecule has 5 nitrogen and oxygen atoms in total. The van der Waals surface area contributed by atoms with Crippen molar-refractivity contribution in [2.75, 3.05) is 0 Å². The fraction of sp³-hybridized carbons (Fsp3) is 0. The Hall–Kier alpha value is -8.67. The minimum Gasteiger partial charge on any atom is -0.309 e. The largest absolute Gasteiger partial charge is 0.309 e. The lowest BCUT2D eigenvalue weighted by Crippen LogP contribution is -2.05. The molecule has 64 heavy (non-hydrogen) atoms. The van der Waals surface area contributed by atoms with Gasteiger partial charge >= 0.3 is 0 Å². The Bertz CT molecular complexity index is 3960. The van der Waals surface area contributed by atoms with E-state index < -0.39 is 0 Å². The van der Waals surface area contributed by atoms with Gasteiger partial charge in [-0.3, -0.25) is 0 Å². The number of nitrogens with zero attached hydrogens (tertiary/aromatic N) is 5. The van der Waals surface area contributed by atoms with Crippen LogP contribution in [-0.2, 0) is 0 Å². The molecule has 0 N–H and O–H groups in total. The Labute approximate surface area is 368 Å². The normalized spacial score (nSPS) is 11.8. The minimum absolute atomic E-state index is 0.600. The molecule has 0 unspecified atom stereocenters. The van der Waals surface area contributed by atoms with Crippen LogP contribution in [0.1, 0.15) is 0 Å². The van der Waals surface area contributed by atoms with Crippen LogP contribution < -0.4 is 0 Å². The maximum absolute atomic E-state index is 5.62. The zero-order valence-electron chi connectivity index (χ0n) is 34.6. The van der Waals surface area contributed by atoms with Gasteiger partial charge in [0.1, 0.15) is 0 Å². The van der Waals surface area contributed by atoms with E-state index in [0.29, 0.717) is 17.5 Å². The molecule has 0 aliphatic rings. The van der Waals surface area contributed by atoms with Crippen molar-refractivity contribution in [3.63, 3.8) is 0 Å². The van der Waals surface area contributed by atoms with Crippen LogP contribution in [-0.4, -0.2) is 24.1 Å². The van der Waals surface area contributed by atoms with Crippen LogP contribution in [0.2, 0.25) is 0 Å². The lowest BCUT2D eigenvalue weighted by Gasteiger charge is -2.18. The van der Waals surface area contributed by atoms with Gasteiger partial charge in [0.15, 0.2) is 17.5 Å². The molecular formula is C59H37N5. The summed E-state index contributed by atoms with van der Waals surface area (Å²) < 4.78 is 4.76. The van der Waals surface area contributed by atoms with E-state index in [9.17, 15) is 0 Å². The Morgan fingerprint density at radius 3 is 1.66 bits per heavy atom. The highest BCUT2D eigenvalue weighted by atomic mass is 15.1. The summed E-state index contributed by atoms with van der Waals surface area (Å²) in [5.41, 5.74) is 11.5. The molecule has 298 valence electrons. The number of para-hydroxylation sites is 4. The minimum atomic E-state index is 0.600. The first-order chi connectivity index (χ1) is 31.7. The van der Waals surface area contributed by atoms with Crippen molar-refractivity contribution in [1.82, 2.24) is 24.1 Å². The highest BCUT2D eigenvalue weighted by Crippen LogP contribution is 2.42. The summed E-state index contributed by atoms with van der Waals surface area (Å²) in [4.78, 5) is 16.6. The molecule has 0 aliphatic carbocycles. The van der Waals surface area contributed by atoms with E-state index in [0.717, 1.165) is 77.4 Å². The molecule has 5 heteroatoms. The first-order valence-electron chi connectivity index (χ1n) is 21.7. The van der Waals surface area contributed by atoms with E-state index >= 15 is 0 Å². The number of hydrogen-bond donors (Lipinski definition) is 0. The van der Waals surface area contributed by atoms with Gasteiger partial charge in [-0.1, -0.05) is 170 Å². The molecule has 0 saturated carbocycles. The van der Waals surface area contributed by atoms with Crippen molar-refractivity contribution < 1.29 is 0 Å². The highest BCUT2D eigenvalue weighted by Gasteiger charge is 2.24. The van der Waals surface area contributed by atoms with Crippen LogP contribution in [0.4, 0.5) is 0 Å². The summed E-state index contributed by atoms with van der Waals surface area (Å²) in [6.45, 7) is 0. The van der Waals surface area contributed by atoms with Crippen molar-refractivity contribution >= 4 is 65.2 Å². The quantitative estimate of drug-likeness (QED) is 0.168. The standard InChI is InChI=1S/C59H37N5/c1-3-17-38(18-4-1)40-22-15-23-43(35-40)57-60-58(49-30-16-29-48-46-27-11-13-31-51(46)63(56(48)49)44-24-5-2-6-25-44)62-59(61-57)55-45-26-10-9-19-39(45)33-34-53(55)64-52-32-14-12-28-47(52)50-36-41-20-7-8-21-42(41)37-54(50)64/h1-37H. The second kappa shape index (κ2) is 14.5. The van der Waals surface area contributed by atoms with Gasteiger partial charge in [-0.2, -0.15) is 0 Å². The molecule has 10 aromatic carbocycles. The number of rotatable bonds is 6. The van der Waals surface area contributed by atoms with Crippen LogP contribution in [0.25, 0.3) is 122 Å². The van der Waals surface area contributed by atoms with Crippen LogP contribution in [0.5, 0.6) is 0 Å². The predicted octanol–water partition coefficient (Wildman–Crippen LogP) is 15.0. The predicted molar refractivity (Wildman–Crippen MR) is 265 cm³/mol. The van der Waals surface area contributed by atoms with Crippen molar-refractivity contribution in [3.8, 4) is 56.7 Å². The van der Waals surface area contributed by atoms with Crippen molar-refractivity contribution in [2.45, 2.75) is 0 Å². The zero-order chi connectivity index (χ0) is 42.1. The fourth-order valence-corrected chi connectivity index (χ4v) is 9.85. The van der Waals surface area contributed by atoms with E-state index in [4.69, 9.17) is 15.0 Å². The maximum Gasteiger partial charge on any atom is 0.166 e. The molecule has 3 aromatic heterocycles. The van der Waals surface area contributed by atoms with Crippen LogP contribution in [0, 0.1) is 0 Å². The third-order valence-corrected chi connectivity index (χ3v) is 12.7. The average molecular weight is 816 g/mol. The maximum atomic E-state index is 5.62. The van der Waals surface area contributed by atoms with E-state index in [2.05, 4.69) is 234 Å². The zero-order valence-corrected chi connectivity index (χ0v) is 34.6. The van der Waals surface area contributed by atoms with Crippen molar-refractivity contribution in [2.24, 2.45) is 0 Å². The topological polar surface area (TPSA) is 48.5 Å². The molecule has 0 spiro atoms. The summed E-state index contributed by atoms with van der Waals surface area (Å²) >= 11 is 0. The Morgan fingerprint density at radius 1 is 0.297 bits per heavy atom. The molecule has 0 radical (unpaired) electrons. The van der Waals surface area contributed by atoms with Crippen molar-refractivity contribution in [1.29, 1.82) is 0 Å². The van der Waals surface area contributed by atoms with Gasteiger partial charge in [0.2, 0.25) is 0 Å². The smallest absolute Gasteiger partial charge is 0.166 e. The van der Waals surface area contributed by atoms with E-state index in [1.54, 1.807) is 0 Å². The second-order valence-corrected chi connectivity index (χ2v) is 16.4. The molecule has 3 heterocycles. The molecule has 13 rings (SSSR count). The number of hydrogen-bond acceptors (Lipinski definition) is 3. The van der Waals surface area contributed by atoms with Gasteiger partial charge in [0.25, 0.3) is 0 Å². The highest BCUT2D eigenvalue weighted by molar-refractivity contribution is 6.15. The fourth-order valence-electron chi connectivity index (χ4n) is 9.85. The lowest BCUT2D eigenvalue weighted by molar-refractivity contribution is 1.07. The lowest BCUT2D eigenvalue weighted by atomic mass is 10.0. The van der Waals surface area contributed by atoms with Crippen LogP contribution >= 0.6 is 0 Å². The van der Waals surface area contributed by atoms with E-state index in [1.165, 1.54) is 26.9 Å². The molecule has 0 aliphatic heterocycles. The van der Waals surface area contributed by atoms with Gasteiger partial charge in [0.05, 0.1) is 33.3 Å². The Balaban J connectivity index is 1.15. The number of aromatic nitrogens is 5. The third kappa shape index (κ3) is 5.68. The first-order valence-corrected chi connectivity index (χ1v) is 21.7. The summed E-state index contributed by atoms with van der Waals surface area (Å²) in [7, 11) is 0. The van der Waals surface area contributed by atoms with Gasteiger partial charge in [-0.25, -0.2) is 15.0 Å². The Morgan fingerprint density at radius 2 is 0.859 bits per heavy atom. The van der Waals surface area contributed by atoms with Crippen molar-refractivity contribution in [3.05, 3.63) is 224 Å². The van der Waals surface area contributed by atoms with Crippen LogP contribution in [0.15, 0.2) is 224 Å². The van der Waals surface area contributed by atoms with Gasteiger partial charge < -0.3 is 9.13 Å². The van der Waals surface area contributed by atoms with E-state index in [1.807, 2.05) is 0 Å². The summed E-state index contributed by atoms with van der Waals surface area (Å²) in [5, 5.41) is 9.26. The summed E-state index contributed by atoms with van der Waals surface area (Å²) in [6.07, 6.45) is 0. The summed E-state index contributed by atoms with van der Waals surface area (Å²) in [6, 6.07) is 79.8. The molecule has 0 fully saturated rings. The number of fused-ring (bicyclic) bond motifs is 8. The van der Waals surface area contributed by atoms with Gasteiger partial charge in [-0.15, -0.1) is 0 Å². The molecular weight excluding hydrogens is 779 g/mol. The van der Waals surface area contributed by atoms with Crippen LogP contribution in [0.3, 0.4) is 0 Å². The number of benzene rings is 10. The molecule has 13 aromatic rings. The van der Waals surface area contributed by atoms with Gasteiger partial charge in [0, 0.05) is 38.4 Å². The molecule has 0 amide bonds. The Kier molecular flexibility index (Phi) is 8.15. The van der Waals surface area contributed by atoms with E-state index in [-0.39, 0.29) is 0 Å². The SMILES string of the molecule is c1ccc(-c2cccc(-c3nc(-c4c(-n5c6ccccc6c6cc7ccccc7cc65)ccc5ccccc45)nc(-c4cccc5c6ccccc6n(-c6ccccc6)c45)n3)c2)cc1. The monoisotopic (exact) mass is 815 g/mol. The molecule has 0 saturated heterocycles. The first kappa shape index (κ1) is 36.0.